The molecule has 0 saturated carbocycles. The third-order valence-electron chi connectivity index (χ3n) is 2.99. The van der Waals surface area contributed by atoms with Gasteiger partial charge in [-0.3, -0.25) is 0 Å². The van der Waals surface area contributed by atoms with Crippen molar-refractivity contribution < 1.29 is 24.4 Å². The minimum atomic E-state index is -1.19. The Morgan fingerprint density at radius 3 is 1.88 bits per heavy atom. The van der Waals surface area contributed by atoms with Gasteiger partial charge in [-0.2, -0.15) is 0 Å². The van der Waals surface area contributed by atoms with E-state index < -0.39 is 12.9 Å². The number of hydrogen-bond acceptors (Lipinski definition) is 4. The summed E-state index contributed by atoms with van der Waals surface area (Å²) in [5, 5.41) is 17.9. The summed E-state index contributed by atoms with van der Waals surface area (Å²) in [7, 11) is 0.628. The Bertz CT molecular complexity index is 606. The summed E-state index contributed by atoms with van der Waals surface area (Å²) < 4.78 is 5.08. The van der Waals surface area contributed by atoms with Crippen LogP contribution < -0.4 is 10.5 Å². The molecule has 1 atom stereocenters. The van der Waals surface area contributed by atoms with Crippen LogP contribution in [0.3, 0.4) is 0 Å². The summed E-state index contributed by atoms with van der Waals surface area (Å²) in [6, 6.07) is 15.3. The average molecular weight is 590 g/mol. The van der Waals surface area contributed by atoms with Crippen LogP contribution in [-0.2, 0) is 16.0 Å². The predicted molar refractivity (Wildman–Crippen MR) is 111 cm³/mol. The van der Waals surface area contributed by atoms with Crippen LogP contribution in [0.15, 0.2) is 48.5 Å². The molecule has 0 aliphatic rings. The fourth-order valence-electron chi connectivity index (χ4n) is 1.81. The van der Waals surface area contributed by atoms with Crippen molar-refractivity contribution in [2.45, 2.75) is 12.8 Å². The van der Waals surface area contributed by atoms with E-state index in [0.29, 0.717) is 21.8 Å². The molecule has 1 unspecified atom stereocenters. The quantitative estimate of drug-likeness (QED) is 0.272. The van der Waals surface area contributed by atoms with E-state index in [2.05, 4.69) is 40.0 Å². The van der Waals surface area contributed by atoms with Crippen molar-refractivity contribution in [3.8, 4) is 5.75 Å². The Balaban J connectivity index is 0.000000891. The van der Waals surface area contributed by atoms with Crippen LogP contribution in [0.25, 0.3) is 12.2 Å². The Morgan fingerprint density at radius 1 is 1.00 bits per heavy atom. The maximum absolute atomic E-state index is 9.18. The van der Waals surface area contributed by atoms with Crippen molar-refractivity contribution >= 4 is 52.1 Å². The van der Waals surface area contributed by atoms with E-state index in [1.165, 1.54) is 0 Å². The van der Waals surface area contributed by atoms with Gasteiger partial charge in [0.15, 0.2) is 0 Å². The Hall–Kier alpha value is -0.0956. The molecule has 0 aromatic heterocycles. The first-order valence-corrected chi connectivity index (χ1v) is 16.1. The second-order valence-corrected chi connectivity index (χ2v) is 16.5. The van der Waals surface area contributed by atoms with E-state index >= 15 is 0 Å². The number of rotatable bonds is 6. The number of benzene rings is 2. The standard InChI is InChI=1S/C17H19NO3.2HI.V/c18-11-15-5-3-13(4-6-15)1-2-14-7-9-16(10-8-14)21-17(20)12-19;;;/h1-10,17,19-20H,11-12,18H2;2*1H;/q;;;+2/p-2/b2-1+;;;. The second kappa shape index (κ2) is 13.2. The summed E-state index contributed by atoms with van der Waals surface area (Å²) in [4.78, 5) is 0. The van der Waals surface area contributed by atoms with Crippen LogP contribution in [0.4, 0.5) is 0 Å². The molecular formula is C17H19I2NO3V. The van der Waals surface area contributed by atoms with E-state index in [1.54, 1.807) is 12.1 Å². The van der Waals surface area contributed by atoms with Gasteiger partial charge in [0.25, 0.3) is 0 Å². The zero-order valence-electron chi connectivity index (χ0n) is 12.8. The monoisotopic (exact) mass is 590 g/mol. The van der Waals surface area contributed by atoms with E-state index in [0.717, 1.165) is 16.7 Å². The number of halogens is 2. The van der Waals surface area contributed by atoms with Gasteiger partial charge in [0.1, 0.15) is 12.4 Å². The van der Waals surface area contributed by atoms with E-state index in [9.17, 15) is 5.11 Å². The first-order chi connectivity index (χ1) is 11.6. The first kappa shape index (κ1) is 21.9. The zero-order chi connectivity index (χ0) is 17.8. The number of ether oxygens (including phenoxy) is 1. The van der Waals surface area contributed by atoms with Crippen LogP contribution >= 0.6 is 40.0 Å². The fourth-order valence-corrected chi connectivity index (χ4v) is 1.81. The van der Waals surface area contributed by atoms with Crippen molar-refractivity contribution in [1.29, 1.82) is 0 Å². The topological polar surface area (TPSA) is 75.7 Å². The summed E-state index contributed by atoms with van der Waals surface area (Å²) in [5.74, 6) is 0.515. The Kier molecular flexibility index (Phi) is 12.0. The molecule has 0 saturated heterocycles. The molecule has 7 heteroatoms. The van der Waals surface area contributed by atoms with E-state index in [-0.39, 0.29) is 0 Å². The maximum atomic E-state index is 9.18. The van der Waals surface area contributed by atoms with Crippen molar-refractivity contribution in [2.75, 3.05) is 6.61 Å². The molecule has 2 aromatic carbocycles. The number of hydrogen-bond donors (Lipinski definition) is 3. The molecule has 0 bridgehead atoms. The van der Waals surface area contributed by atoms with Crippen LogP contribution in [0.5, 0.6) is 5.75 Å². The second-order valence-electron chi connectivity index (χ2n) is 4.67. The first-order valence-electron chi connectivity index (χ1n) is 7.08. The average Bonchev–Trinajstić information content (AvgIpc) is 2.62. The van der Waals surface area contributed by atoms with Crippen LogP contribution in [0.1, 0.15) is 16.7 Å². The van der Waals surface area contributed by atoms with Gasteiger partial charge in [0.05, 0.1) is 0 Å². The fraction of sp³-hybridized carbons (Fsp3) is 0.176. The molecule has 4 N–H and O–H groups in total. The van der Waals surface area contributed by atoms with Gasteiger partial charge in [0, 0.05) is 6.54 Å². The summed E-state index contributed by atoms with van der Waals surface area (Å²) in [6.45, 7) is 0.117. The van der Waals surface area contributed by atoms with Crippen LogP contribution in [0.2, 0.25) is 0 Å². The van der Waals surface area contributed by atoms with Gasteiger partial charge in [-0.1, -0.05) is 48.6 Å². The third-order valence-corrected chi connectivity index (χ3v) is 2.99. The Morgan fingerprint density at radius 2 is 1.46 bits per heavy atom. The van der Waals surface area contributed by atoms with Crippen LogP contribution in [-0.4, -0.2) is 23.1 Å². The van der Waals surface area contributed by atoms with E-state index in [1.807, 2.05) is 48.6 Å². The normalized spacial score (nSPS) is 11.5. The summed E-state index contributed by atoms with van der Waals surface area (Å²) in [6.07, 6.45) is 2.81. The molecular weight excluding hydrogens is 571 g/mol. The van der Waals surface area contributed by atoms with Gasteiger partial charge in [-0.25, -0.2) is 0 Å². The number of aliphatic hydroxyl groups is 2. The molecule has 0 aliphatic heterocycles. The Labute approximate surface area is 171 Å². The van der Waals surface area contributed by atoms with Gasteiger partial charge in [-0.05, 0) is 28.8 Å². The SMILES string of the molecule is NCc1ccc(/C=C/c2ccc(OC(O)CO)cc2)cc1.[I][V][I]. The summed E-state index contributed by atoms with van der Waals surface area (Å²) in [5.41, 5.74) is 8.79. The number of nitrogens with two attached hydrogens (primary N) is 1. The molecule has 0 radical (unpaired) electrons. The molecule has 0 spiro atoms. The minimum absolute atomic E-state index is 0.430. The van der Waals surface area contributed by atoms with E-state index in [4.69, 9.17) is 15.6 Å². The zero-order valence-corrected chi connectivity index (χ0v) is 18.6. The molecule has 0 aliphatic carbocycles. The van der Waals surface area contributed by atoms with Crippen molar-refractivity contribution in [2.24, 2.45) is 5.73 Å². The molecule has 0 fully saturated rings. The summed E-state index contributed by atoms with van der Waals surface area (Å²) >= 11 is 4.74. The van der Waals surface area contributed by atoms with Crippen molar-refractivity contribution in [3.63, 3.8) is 0 Å². The van der Waals surface area contributed by atoms with Gasteiger partial charge < -0.3 is 20.7 Å². The molecule has 4 nitrogen and oxygen atoms in total. The van der Waals surface area contributed by atoms with Gasteiger partial charge in [0.2, 0.25) is 6.29 Å². The van der Waals surface area contributed by atoms with Gasteiger partial charge >= 0.3 is 49.4 Å². The van der Waals surface area contributed by atoms with Crippen molar-refractivity contribution in [3.05, 3.63) is 65.2 Å². The number of aliphatic hydroxyl groups excluding tert-OH is 2. The third kappa shape index (κ3) is 8.84. The molecule has 0 amide bonds. The molecule has 129 valence electrons. The van der Waals surface area contributed by atoms with Crippen LogP contribution in [0, 0.1) is 0 Å². The predicted octanol–water partition coefficient (Wildman–Crippen LogP) is 3.77. The van der Waals surface area contributed by atoms with Gasteiger partial charge in [-0.15, -0.1) is 0 Å². The molecule has 2 rings (SSSR count). The molecule has 24 heavy (non-hydrogen) atoms. The van der Waals surface area contributed by atoms with Crippen molar-refractivity contribution in [1.82, 2.24) is 0 Å². The molecule has 2 aromatic rings. The molecule has 0 heterocycles.